The first kappa shape index (κ1) is 11.4. The molecule has 0 saturated heterocycles. The number of hydrogen-bond acceptors (Lipinski definition) is 4. The molecule has 0 aliphatic heterocycles. The van der Waals surface area contributed by atoms with Gasteiger partial charge >= 0.3 is 0 Å². The van der Waals surface area contributed by atoms with Crippen molar-refractivity contribution in [1.29, 1.82) is 0 Å². The minimum absolute atomic E-state index is 0.124. The molecule has 3 N–H and O–H groups in total. The van der Waals surface area contributed by atoms with Gasteiger partial charge in [0, 0.05) is 22.9 Å². The summed E-state index contributed by atoms with van der Waals surface area (Å²) in [5.74, 6) is 0.692. The quantitative estimate of drug-likeness (QED) is 0.621. The minimum atomic E-state index is 0.124. The minimum Gasteiger partial charge on any atom is -0.396 e. The number of thioether (sulfide) groups is 1. The van der Waals surface area contributed by atoms with E-state index in [2.05, 4.69) is 5.32 Å². The highest BCUT2D eigenvalue weighted by molar-refractivity contribution is 7.99. The lowest BCUT2D eigenvalue weighted by molar-refractivity contribution is 0.311. The Morgan fingerprint density at radius 1 is 1.14 bits per heavy atom. The van der Waals surface area contributed by atoms with Crippen molar-refractivity contribution in [2.24, 2.45) is 0 Å². The van der Waals surface area contributed by atoms with Gasteiger partial charge in [-0.1, -0.05) is 12.1 Å². The Hall–Kier alpha value is -0.710. The summed E-state index contributed by atoms with van der Waals surface area (Å²) in [4.78, 5) is 1.11. The third-order valence-electron chi connectivity index (χ3n) is 1.66. The Bertz CT molecular complexity index is 241. The molecule has 0 aliphatic rings. The van der Waals surface area contributed by atoms with Crippen molar-refractivity contribution in [3.63, 3.8) is 0 Å². The molecule has 14 heavy (non-hydrogen) atoms. The molecule has 0 bridgehead atoms. The monoisotopic (exact) mass is 213 g/mol. The molecule has 1 rings (SSSR count). The van der Waals surface area contributed by atoms with E-state index >= 15 is 0 Å². The van der Waals surface area contributed by atoms with Crippen molar-refractivity contribution in [2.45, 2.75) is 4.90 Å². The van der Waals surface area contributed by atoms with Crippen LogP contribution in [-0.2, 0) is 0 Å². The summed E-state index contributed by atoms with van der Waals surface area (Å²) in [6.07, 6.45) is 0. The number of aliphatic hydroxyl groups excluding tert-OH is 2. The number of aliphatic hydroxyl groups is 2. The van der Waals surface area contributed by atoms with Gasteiger partial charge in [0.1, 0.15) is 0 Å². The van der Waals surface area contributed by atoms with Crippen LogP contribution in [0.4, 0.5) is 5.69 Å². The average Bonchev–Trinajstić information content (AvgIpc) is 2.24. The average molecular weight is 213 g/mol. The van der Waals surface area contributed by atoms with E-state index < -0.39 is 0 Å². The first-order valence-electron chi connectivity index (χ1n) is 4.56. The molecule has 0 amide bonds. The fourth-order valence-corrected chi connectivity index (χ4v) is 1.87. The summed E-state index contributed by atoms with van der Waals surface area (Å²) in [7, 11) is 0. The SMILES string of the molecule is OCCNc1ccccc1SCCO. The van der Waals surface area contributed by atoms with Gasteiger partial charge in [0.05, 0.1) is 13.2 Å². The second-order valence-electron chi connectivity index (χ2n) is 2.72. The van der Waals surface area contributed by atoms with E-state index in [1.165, 1.54) is 0 Å². The van der Waals surface area contributed by atoms with E-state index in [4.69, 9.17) is 10.2 Å². The molecule has 4 heteroatoms. The summed E-state index contributed by atoms with van der Waals surface area (Å²) in [6.45, 7) is 0.856. The van der Waals surface area contributed by atoms with E-state index in [-0.39, 0.29) is 13.2 Å². The van der Waals surface area contributed by atoms with Crippen molar-refractivity contribution in [2.75, 3.05) is 30.8 Å². The van der Waals surface area contributed by atoms with Crippen LogP contribution in [0, 0.1) is 0 Å². The van der Waals surface area contributed by atoms with Crippen molar-refractivity contribution < 1.29 is 10.2 Å². The highest BCUT2D eigenvalue weighted by atomic mass is 32.2. The van der Waals surface area contributed by atoms with Gasteiger partial charge in [0.25, 0.3) is 0 Å². The molecule has 0 heterocycles. The van der Waals surface area contributed by atoms with Crippen LogP contribution in [0.25, 0.3) is 0 Å². The molecule has 0 spiro atoms. The molecule has 0 aromatic heterocycles. The first-order valence-corrected chi connectivity index (χ1v) is 5.54. The zero-order chi connectivity index (χ0) is 10.2. The highest BCUT2D eigenvalue weighted by Crippen LogP contribution is 2.26. The van der Waals surface area contributed by atoms with E-state index in [9.17, 15) is 0 Å². The Morgan fingerprint density at radius 3 is 2.64 bits per heavy atom. The van der Waals surface area contributed by atoms with Crippen LogP contribution in [0.5, 0.6) is 0 Å². The fraction of sp³-hybridized carbons (Fsp3) is 0.400. The molecule has 0 atom stereocenters. The van der Waals surface area contributed by atoms with Gasteiger partial charge in [0.2, 0.25) is 0 Å². The standard InChI is InChI=1S/C10H15NO2S/c12-6-5-11-9-3-1-2-4-10(9)14-8-7-13/h1-4,11-13H,5-8H2. The van der Waals surface area contributed by atoms with Crippen molar-refractivity contribution >= 4 is 17.4 Å². The van der Waals surface area contributed by atoms with Crippen LogP contribution < -0.4 is 5.32 Å². The van der Waals surface area contributed by atoms with Crippen LogP contribution in [-0.4, -0.2) is 35.7 Å². The molecule has 0 fully saturated rings. The number of hydrogen-bond donors (Lipinski definition) is 3. The Labute approximate surface area is 88.2 Å². The lowest BCUT2D eigenvalue weighted by Gasteiger charge is -2.09. The predicted octanol–water partition coefficient (Wildman–Crippen LogP) is 1.18. The van der Waals surface area contributed by atoms with E-state index in [1.807, 2.05) is 24.3 Å². The molecular formula is C10H15NO2S. The van der Waals surface area contributed by atoms with Crippen molar-refractivity contribution in [3.8, 4) is 0 Å². The third-order valence-corrected chi connectivity index (χ3v) is 2.72. The summed E-state index contributed by atoms with van der Waals surface area (Å²) in [5.41, 5.74) is 1.01. The van der Waals surface area contributed by atoms with Gasteiger partial charge in [-0.2, -0.15) is 0 Å². The Balaban J connectivity index is 2.60. The highest BCUT2D eigenvalue weighted by Gasteiger charge is 2.00. The Kier molecular flexibility index (Phi) is 5.44. The largest absolute Gasteiger partial charge is 0.396 e. The molecule has 0 unspecified atom stereocenters. The molecule has 1 aromatic rings. The lowest BCUT2D eigenvalue weighted by atomic mass is 10.3. The second-order valence-corrected chi connectivity index (χ2v) is 3.86. The number of rotatable bonds is 6. The number of nitrogens with one attached hydrogen (secondary N) is 1. The maximum Gasteiger partial charge on any atom is 0.0604 e. The summed E-state index contributed by atoms with van der Waals surface area (Å²) in [5, 5.41) is 20.5. The third kappa shape index (κ3) is 3.57. The van der Waals surface area contributed by atoms with Gasteiger partial charge in [-0.3, -0.25) is 0 Å². The van der Waals surface area contributed by atoms with Crippen LogP contribution in [0.1, 0.15) is 0 Å². The number of benzene rings is 1. The normalized spacial score (nSPS) is 10.1. The van der Waals surface area contributed by atoms with Gasteiger partial charge in [0.15, 0.2) is 0 Å². The maximum atomic E-state index is 8.71. The van der Waals surface area contributed by atoms with Crippen LogP contribution >= 0.6 is 11.8 Å². The van der Waals surface area contributed by atoms with E-state index in [0.717, 1.165) is 10.6 Å². The van der Waals surface area contributed by atoms with Gasteiger partial charge in [-0.15, -0.1) is 11.8 Å². The van der Waals surface area contributed by atoms with Crippen LogP contribution in [0.3, 0.4) is 0 Å². The van der Waals surface area contributed by atoms with Gasteiger partial charge in [-0.05, 0) is 12.1 Å². The number of anilines is 1. The summed E-state index contributed by atoms with van der Waals surface area (Å²) < 4.78 is 0. The molecule has 0 radical (unpaired) electrons. The summed E-state index contributed by atoms with van der Waals surface area (Å²) in [6, 6.07) is 7.88. The fourth-order valence-electron chi connectivity index (χ4n) is 1.08. The van der Waals surface area contributed by atoms with Crippen LogP contribution in [0.15, 0.2) is 29.2 Å². The van der Waals surface area contributed by atoms with Gasteiger partial charge < -0.3 is 15.5 Å². The first-order chi connectivity index (χ1) is 6.88. The Morgan fingerprint density at radius 2 is 1.93 bits per heavy atom. The smallest absolute Gasteiger partial charge is 0.0604 e. The molecule has 3 nitrogen and oxygen atoms in total. The zero-order valence-electron chi connectivity index (χ0n) is 7.94. The number of para-hydroxylation sites is 1. The van der Waals surface area contributed by atoms with Crippen molar-refractivity contribution in [1.82, 2.24) is 0 Å². The van der Waals surface area contributed by atoms with Gasteiger partial charge in [-0.25, -0.2) is 0 Å². The molecule has 0 aliphatic carbocycles. The topological polar surface area (TPSA) is 52.5 Å². The maximum absolute atomic E-state index is 8.71. The summed E-state index contributed by atoms with van der Waals surface area (Å²) >= 11 is 1.60. The van der Waals surface area contributed by atoms with E-state index in [1.54, 1.807) is 11.8 Å². The van der Waals surface area contributed by atoms with Crippen LogP contribution in [0.2, 0.25) is 0 Å². The zero-order valence-corrected chi connectivity index (χ0v) is 8.76. The van der Waals surface area contributed by atoms with E-state index in [0.29, 0.717) is 12.3 Å². The molecule has 1 aromatic carbocycles. The predicted molar refractivity (Wildman–Crippen MR) is 59.8 cm³/mol. The lowest BCUT2D eigenvalue weighted by Crippen LogP contribution is -2.06. The molecule has 78 valence electrons. The second kappa shape index (κ2) is 6.70. The van der Waals surface area contributed by atoms with Crippen molar-refractivity contribution in [3.05, 3.63) is 24.3 Å². The molecular weight excluding hydrogens is 198 g/mol. The molecule has 0 saturated carbocycles.